The van der Waals surface area contributed by atoms with Crippen LogP contribution in [0.4, 0.5) is 11.4 Å². The molecule has 21 heavy (non-hydrogen) atoms. The maximum Gasteiger partial charge on any atom is 0.287 e. The van der Waals surface area contributed by atoms with Gasteiger partial charge in [-0.05, 0) is 12.5 Å². The van der Waals surface area contributed by atoms with Crippen molar-refractivity contribution in [2.45, 2.75) is 19.9 Å². The molecule has 1 N–H and O–H groups in total. The number of pyridine rings is 1. The Labute approximate surface area is 125 Å². The molecule has 2 rings (SSSR count). The Balaban J connectivity index is 2.30. The van der Waals surface area contributed by atoms with Crippen molar-refractivity contribution in [3.63, 3.8) is 0 Å². The van der Waals surface area contributed by atoms with Crippen molar-refractivity contribution >= 4 is 28.9 Å². The summed E-state index contributed by atoms with van der Waals surface area (Å²) >= 11 is 5.94. The number of nitro groups is 1. The molecule has 7 nitrogen and oxygen atoms in total. The molecular formula is C13H13ClN4O3. The normalized spacial score (nSPS) is 10.4. The first-order chi connectivity index (χ1) is 10.0. The molecule has 0 aromatic carbocycles. The van der Waals surface area contributed by atoms with Gasteiger partial charge in [-0.25, -0.2) is 0 Å². The smallest absolute Gasteiger partial charge is 0.287 e. The fourth-order valence-corrected chi connectivity index (χ4v) is 2.02. The molecule has 8 heteroatoms. The number of hydrogen-bond acceptors (Lipinski definition) is 4. The Morgan fingerprint density at radius 2 is 2.33 bits per heavy atom. The van der Waals surface area contributed by atoms with Gasteiger partial charge in [0.2, 0.25) is 0 Å². The molecule has 0 aliphatic carbocycles. The fraction of sp³-hybridized carbons (Fsp3) is 0.231. The van der Waals surface area contributed by atoms with Gasteiger partial charge in [0.05, 0.1) is 28.0 Å². The molecule has 0 saturated carbocycles. The van der Waals surface area contributed by atoms with Crippen LogP contribution in [0.25, 0.3) is 0 Å². The van der Waals surface area contributed by atoms with Crippen LogP contribution in [0.5, 0.6) is 0 Å². The van der Waals surface area contributed by atoms with Crippen LogP contribution in [0.3, 0.4) is 0 Å². The molecule has 0 unspecified atom stereocenters. The predicted octanol–water partition coefficient (Wildman–Crippen LogP) is 3.11. The summed E-state index contributed by atoms with van der Waals surface area (Å²) in [6, 6.07) is 2.79. The number of carbonyl (C=O) groups excluding carboxylic acids is 1. The van der Waals surface area contributed by atoms with Crippen molar-refractivity contribution in [1.82, 2.24) is 9.55 Å². The van der Waals surface area contributed by atoms with Crippen LogP contribution >= 0.6 is 11.6 Å². The Morgan fingerprint density at radius 1 is 1.57 bits per heavy atom. The molecule has 2 aromatic rings. The molecule has 0 atom stereocenters. The van der Waals surface area contributed by atoms with Crippen LogP contribution < -0.4 is 5.32 Å². The number of halogens is 1. The first-order valence-electron chi connectivity index (χ1n) is 6.28. The van der Waals surface area contributed by atoms with Gasteiger partial charge in [0.25, 0.3) is 11.6 Å². The highest BCUT2D eigenvalue weighted by molar-refractivity contribution is 6.33. The van der Waals surface area contributed by atoms with Gasteiger partial charge < -0.3 is 9.88 Å². The summed E-state index contributed by atoms with van der Waals surface area (Å²) in [7, 11) is 0. The summed E-state index contributed by atoms with van der Waals surface area (Å²) < 4.78 is 1.55. The highest BCUT2D eigenvalue weighted by Crippen LogP contribution is 2.22. The van der Waals surface area contributed by atoms with Gasteiger partial charge in [-0.15, -0.1) is 0 Å². The Morgan fingerprint density at radius 3 is 2.95 bits per heavy atom. The standard InChI is InChI=1S/C13H13ClN4O3/c1-2-5-17-8-9(18(20)21)6-12(17)13(19)16-11-7-15-4-3-10(11)14/h3-4,6-8H,2,5H2,1H3,(H,16,19). The van der Waals surface area contributed by atoms with Gasteiger partial charge in [-0.3, -0.25) is 19.9 Å². The Hall–Kier alpha value is -2.41. The van der Waals surface area contributed by atoms with Crippen molar-refractivity contribution in [2.24, 2.45) is 0 Å². The van der Waals surface area contributed by atoms with E-state index in [1.54, 1.807) is 10.6 Å². The average molecular weight is 309 g/mol. The lowest BCUT2D eigenvalue weighted by atomic mass is 10.3. The highest BCUT2D eigenvalue weighted by atomic mass is 35.5. The largest absolute Gasteiger partial charge is 0.337 e. The molecule has 2 aromatic heterocycles. The van der Waals surface area contributed by atoms with E-state index in [1.165, 1.54) is 24.7 Å². The summed E-state index contributed by atoms with van der Waals surface area (Å²) in [5.41, 5.74) is 0.449. The third kappa shape index (κ3) is 3.38. The number of nitrogens with zero attached hydrogens (tertiary/aromatic N) is 3. The minimum absolute atomic E-state index is 0.120. The van der Waals surface area contributed by atoms with Crippen molar-refractivity contribution in [3.8, 4) is 0 Å². The van der Waals surface area contributed by atoms with Gasteiger partial charge in [0, 0.05) is 18.8 Å². The molecule has 0 bridgehead atoms. The van der Waals surface area contributed by atoms with Crippen LogP contribution in [-0.4, -0.2) is 20.4 Å². The summed E-state index contributed by atoms with van der Waals surface area (Å²) in [4.78, 5) is 26.4. The topological polar surface area (TPSA) is 90.1 Å². The number of carbonyl (C=O) groups is 1. The predicted molar refractivity (Wildman–Crippen MR) is 78.6 cm³/mol. The molecule has 0 spiro atoms. The second-order valence-corrected chi connectivity index (χ2v) is 4.75. The molecule has 0 saturated heterocycles. The molecule has 0 aliphatic heterocycles. The van der Waals surface area contributed by atoms with Gasteiger partial charge in [-0.1, -0.05) is 18.5 Å². The number of rotatable bonds is 5. The fourth-order valence-electron chi connectivity index (χ4n) is 1.87. The molecule has 110 valence electrons. The van der Waals surface area contributed by atoms with Crippen LogP contribution in [0, 0.1) is 10.1 Å². The monoisotopic (exact) mass is 308 g/mol. The third-order valence-electron chi connectivity index (χ3n) is 2.81. The van der Waals surface area contributed by atoms with E-state index in [0.29, 0.717) is 17.3 Å². The highest BCUT2D eigenvalue weighted by Gasteiger charge is 2.19. The van der Waals surface area contributed by atoms with Gasteiger partial charge in [0.1, 0.15) is 5.69 Å². The average Bonchev–Trinajstić information content (AvgIpc) is 2.86. The minimum atomic E-state index is -0.528. The first-order valence-corrected chi connectivity index (χ1v) is 6.66. The van der Waals surface area contributed by atoms with E-state index in [1.807, 2.05) is 6.92 Å². The van der Waals surface area contributed by atoms with Crippen LogP contribution in [0.15, 0.2) is 30.7 Å². The number of aromatic nitrogens is 2. The van der Waals surface area contributed by atoms with Crippen molar-refractivity contribution < 1.29 is 9.72 Å². The molecular weight excluding hydrogens is 296 g/mol. The van der Waals surface area contributed by atoms with E-state index in [0.717, 1.165) is 6.42 Å². The van der Waals surface area contributed by atoms with E-state index < -0.39 is 10.8 Å². The summed E-state index contributed by atoms with van der Waals surface area (Å²) in [5, 5.41) is 13.8. The summed E-state index contributed by atoms with van der Waals surface area (Å²) in [6.45, 7) is 2.43. The van der Waals surface area contributed by atoms with Gasteiger partial charge in [-0.2, -0.15) is 0 Å². The third-order valence-corrected chi connectivity index (χ3v) is 3.14. The minimum Gasteiger partial charge on any atom is -0.337 e. The molecule has 0 fully saturated rings. The first kappa shape index (κ1) is 15.0. The zero-order valence-electron chi connectivity index (χ0n) is 11.2. The van der Waals surface area contributed by atoms with Crippen LogP contribution in [-0.2, 0) is 6.54 Å². The molecule has 0 radical (unpaired) electrons. The van der Waals surface area contributed by atoms with Crippen molar-refractivity contribution in [3.05, 3.63) is 51.6 Å². The number of nitrogens with one attached hydrogen (secondary N) is 1. The van der Waals surface area contributed by atoms with E-state index in [2.05, 4.69) is 10.3 Å². The maximum absolute atomic E-state index is 12.3. The van der Waals surface area contributed by atoms with Crippen LogP contribution in [0.2, 0.25) is 5.02 Å². The Kier molecular flexibility index (Phi) is 4.54. The maximum atomic E-state index is 12.3. The van der Waals surface area contributed by atoms with E-state index >= 15 is 0 Å². The SMILES string of the molecule is CCCn1cc([N+](=O)[O-])cc1C(=O)Nc1cnccc1Cl. The quantitative estimate of drug-likeness (QED) is 0.678. The zero-order chi connectivity index (χ0) is 15.4. The van der Waals surface area contributed by atoms with Gasteiger partial charge >= 0.3 is 0 Å². The van der Waals surface area contributed by atoms with E-state index in [-0.39, 0.29) is 11.4 Å². The molecule has 2 heterocycles. The zero-order valence-corrected chi connectivity index (χ0v) is 12.0. The molecule has 1 amide bonds. The second-order valence-electron chi connectivity index (χ2n) is 4.34. The number of anilines is 1. The summed E-state index contributed by atoms with van der Waals surface area (Å²) in [5.74, 6) is -0.466. The second kappa shape index (κ2) is 6.36. The lowest BCUT2D eigenvalue weighted by Gasteiger charge is -2.08. The molecule has 0 aliphatic rings. The Bertz CT molecular complexity index is 684. The number of aryl methyl sites for hydroxylation is 1. The van der Waals surface area contributed by atoms with Crippen molar-refractivity contribution in [1.29, 1.82) is 0 Å². The lowest BCUT2D eigenvalue weighted by molar-refractivity contribution is -0.384. The van der Waals surface area contributed by atoms with Crippen LogP contribution in [0.1, 0.15) is 23.8 Å². The number of amides is 1. The van der Waals surface area contributed by atoms with Crippen molar-refractivity contribution in [2.75, 3.05) is 5.32 Å². The van der Waals surface area contributed by atoms with Gasteiger partial charge in [0.15, 0.2) is 0 Å². The summed E-state index contributed by atoms with van der Waals surface area (Å²) in [6.07, 6.45) is 5.02. The number of hydrogen-bond donors (Lipinski definition) is 1. The van der Waals surface area contributed by atoms with E-state index in [9.17, 15) is 14.9 Å². The van der Waals surface area contributed by atoms with E-state index in [4.69, 9.17) is 11.6 Å². The lowest BCUT2D eigenvalue weighted by Crippen LogP contribution is -2.17.